The first-order valence-electron chi connectivity index (χ1n) is 8.85. The Balaban J connectivity index is 0.00000225. The van der Waals surface area contributed by atoms with Crippen LogP contribution in [0.15, 0.2) is 4.99 Å². The van der Waals surface area contributed by atoms with Crippen LogP contribution in [0.2, 0.25) is 0 Å². The first kappa shape index (κ1) is 21.5. The van der Waals surface area contributed by atoms with Gasteiger partial charge in [-0.15, -0.1) is 24.0 Å². The molecule has 3 aliphatic rings. The lowest BCUT2D eigenvalue weighted by Crippen LogP contribution is -2.47. The topological polar surface area (TPSA) is 77.0 Å². The van der Waals surface area contributed by atoms with E-state index in [9.17, 15) is 8.42 Å². The van der Waals surface area contributed by atoms with Gasteiger partial charge in [0.05, 0.1) is 5.75 Å². The number of likely N-dealkylation sites (tertiary alicyclic amines) is 1. The van der Waals surface area contributed by atoms with Crippen LogP contribution in [0.5, 0.6) is 0 Å². The minimum absolute atomic E-state index is 0. The molecule has 2 heterocycles. The molecular formula is C15H30IN5O2S2. The van der Waals surface area contributed by atoms with Crippen molar-refractivity contribution in [1.29, 1.82) is 0 Å². The fourth-order valence-corrected chi connectivity index (χ4v) is 5.81. The van der Waals surface area contributed by atoms with Crippen molar-refractivity contribution in [3.05, 3.63) is 0 Å². The van der Waals surface area contributed by atoms with Gasteiger partial charge in [-0.05, 0) is 19.3 Å². The van der Waals surface area contributed by atoms with Crippen molar-refractivity contribution in [2.24, 2.45) is 4.99 Å². The number of rotatable bonds is 6. The van der Waals surface area contributed by atoms with Gasteiger partial charge in [-0.25, -0.2) is 12.7 Å². The third-order valence-electron chi connectivity index (χ3n) is 4.86. The van der Waals surface area contributed by atoms with E-state index in [-0.39, 0.29) is 29.7 Å². The average molecular weight is 503 g/mol. The lowest BCUT2D eigenvalue weighted by atomic mass is 10.3. The van der Waals surface area contributed by atoms with Crippen molar-refractivity contribution in [2.45, 2.75) is 31.3 Å². The average Bonchev–Trinajstić information content (AvgIpc) is 3.34. The number of hydrogen-bond acceptors (Lipinski definition) is 5. The van der Waals surface area contributed by atoms with Crippen molar-refractivity contribution in [3.63, 3.8) is 0 Å². The van der Waals surface area contributed by atoms with Crippen LogP contribution in [0, 0.1) is 0 Å². The van der Waals surface area contributed by atoms with Crippen molar-refractivity contribution in [3.8, 4) is 0 Å². The third-order valence-corrected chi connectivity index (χ3v) is 7.68. The van der Waals surface area contributed by atoms with Crippen LogP contribution in [-0.4, -0.2) is 92.7 Å². The number of guanidine groups is 1. The molecule has 0 aromatic heterocycles. The van der Waals surface area contributed by atoms with E-state index < -0.39 is 10.0 Å². The molecule has 0 spiro atoms. The van der Waals surface area contributed by atoms with Gasteiger partial charge in [-0.1, -0.05) is 0 Å². The van der Waals surface area contributed by atoms with E-state index in [0.29, 0.717) is 31.6 Å². The smallest absolute Gasteiger partial charge is 0.215 e. The lowest BCUT2D eigenvalue weighted by molar-refractivity contribution is 0.321. The molecule has 1 unspecified atom stereocenters. The zero-order chi connectivity index (χ0) is 17.0. The Hall–Kier alpha value is 0.220. The van der Waals surface area contributed by atoms with Gasteiger partial charge in [0.1, 0.15) is 0 Å². The van der Waals surface area contributed by atoms with E-state index in [2.05, 4.69) is 20.5 Å². The second-order valence-electron chi connectivity index (χ2n) is 6.68. The highest BCUT2D eigenvalue weighted by Crippen LogP contribution is 2.29. The molecule has 0 bridgehead atoms. The molecule has 25 heavy (non-hydrogen) atoms. The Labute approximate surface area is 172 Å². The highest BCUT2D eigenvalue weighted by atomic mass is 127. The monoisotopic (exact) mass is 503 g/mol. The summed E-state index contributed by atoms with van der Waals surface area (Å²) in [4.78, 5) is 6.78. The van der Waals surface area contributed by atoms with E-state index in [1.807, 2.05) is 11.8 Å². The number of hydrogen-bond donors (Lipinski definition) is 2. The minimum atomic E-state index is -3.16. The Morgan fingerprint density at radius 3 is 2.56 bits per heavy atom. The number of thioether (sulfide) groups is 1. The van der Waals surface area contributed by atoms with Gasteiger partial charge in [-0.3, -0.25) is 9.89 Å². The number of nitrogens with zero attached hydrogens (tertiary/aromatic N) is 3. The Bertz CT molecular complexity index is 550. The largest absolute Gasteiger partial charge is 0.355 e. The molecule has 2 N–H and O–H groups in total. The summed E-state index contributed by atoms with van der Waals surface area (Å²) >= 11 is 1.82. The molecule has 146 valence electrons. The molecule has 1 aliphatic carbocycles. The predicted molar refractivity (Wildman–Crippen MR) is 116 cm³/mol. The molecule has 7 nitrogen and oxygen atoms in total. The maximum absolute atomic E-state index is 12.3. The van der Waals surface area contributed by atoms with Gasteiger partial charge in [-0.2, -0.15) is 11.8 Å². The summed E-state index contributed by atoms with van der Waals surface area (Å²) in [5.74, 6) is 2.63. The molecule has 2 aliphatic heterocycles. The van der Waals surface area contributed by atoms with Crippen molar-refractivity contribution in [1.82, 2.24) is 19.8 Å². The van der Waals surface area contributed by atoms with E-state index >= 15 is 0 Å². The Morgan fingerprint density at radius 2 is 1.92 bits per heavy atom. The van der Waals surface area contributed by atoms with Gasteiger partial charge >= 0.3 is 0 Å². The molecule has 2 saturated heterocycles. The summed E-state index contributed by atoms with van der Waals surface area (Å²) in [7, 11) is -1.42. The predicted octanol–water partition coefficient (Wildman–Crippen LogP) is 0.385. The van der Waals surface area contributed by atoms with Crippen LogP contribution in [0.4, 0.5) is 0 Å². The second-order valence-corrected chi connectivity index (χ2v) is 10.00. The van der Waals surface area contributed by atoms with E-state index in [0.717, 1.165) is 37.1 Å². The highest BCUT2D eigenvalue weighted by Gasteiger charge is 2.34. The van der Waals surface area contributed by atoms with Crippen LogP contribution >= 0.6 is 35.7 Å². The fourth-order valence-electron chi connectivity index (χ4n) is 3.32. The van der Waals surface area contributed by atoms with Gasteiger partial charge in [0.15, 0.2) is 5.96 Å². The van der Waals surface area contributed by atoms with Crippen LogP contribution < -0.4 is 10.6 Å². The zero-order valence-electron chi connectivity index (χ0n) is 14.8. The van der Waals surface area contributed by atoms with Gasteiger partial charge < -0.3 is 10.6 Å². The Morgan fingerprint density at radius 1 is 1.20 bits per heavy atom. The van der Waals surface area contributed by atoms with Crippen molar-refractivity contribution in [2.75, 3.05) is 57.0 Å². The summed E-state index contributed by atoms with van der Waals surface area (Å²) in [5, 5.41) is 6.59. The SMILES string of the molecule is CN=C(NCCS(=O)(=O)N1CCSCC1)NC1CCN(C2CC2)C1.I. The normalized spacial score (nSPS) is 26.3. The molecule has 1 atom stereocenters. The summed E-state index contributed by atoms with van der Waals surface area (Å²) < 4.78 is 26.3. The minimum Gasteiger partial charge on any atom is -0.355 e. The zero-order valence-corrected chi connectivity index (χ0v) is 18.8. The number of sulfonamides is 1. The van der Waals surface area contributed by atoms with Gasteiger partial charge in [0.25, 0.3) is 0 Å². The summed E-state index contributed by atoms with van der Waals surface area (Å²) in [6, 6.07) is 1.21. The summed E-state index contributed by atoms with van der Waals surface area (Å²) in [6.45, 7) is 3.89. The maximum atomic E-state index is 12.3. The molecule has 0 aromatic carbocycles. The van der Waals surface area contributed by atoms with E-state index in [1.54, 1.807) is 11.4 Å². The first-order valence-corrected chi connectivity index (χ1v) is 11.6. The van der Waals surface area contributed by atoms with Crippen LogP contribution in [0.1, 0.15) is 19.3 Å². The molecule has 1 saturated carbocycles. The fraction of sp³-hybridized carbons (Fsp3) is 0.933. The number of halogens is 1. The molecule has 0 aromatic rings. The molecule has 3 fully saturated rings. The summed E-state index contributed by atoms with van der Waals surface area (Å²) in [6.07, 6.45) is 3.81. The quantitative estimate of drug-likeness (QED) is 0.310. The van der Waals surface area contributed by atoms with Gasteiger partial charge in [0.2, 0.25) is 10.0 Å². The molecule has 0 radical (unpaired) electrons. The van der Waals surface area contributed by atoms with E-state index in [1.165, 1.54) is 12.8 Å². The number of nitrogens with one attached hydrogen (secondary N) is 2. The van der Waals surface area contributed by atoms with Crippen molar-refractivity contribution >= 4 is 51.7 Å². The third kappa shape index (κ3) is 6.40. The standard InChI is InChI=1S/C15H29N5O2S2.HI/c1-16-15(18-13-4-6-19(12-13)14-2-3-14)17-5-11-24(21,22)20-7-9-23-10-8-20;/h13-14H,2-12H2,1H3,(H2,16,17,18);1H. The lowest BCUT2D eigenvalue weighted by Gasteiger charge is -2.26. The first-order chi connectivity index (χ1) is 11.6. The molecule has 0 amide bonds. The molecule has 3 rings (SSSR count). The van der Waals surface area contributed by atoms with Crippen LogP contribution in [-0.2, 0) is 10.0 Å². The van der Waals surface area contributed by atoms with Crippen molar-refractivity contribution < 1.29 is 8.42 Å². The summed E-state index contributed by atoms with van der Waals surface area (Å²) in [5.41, 5.74) is 0. The maximum Gasteiger partial charge on any atom is 0.215 e. The number of aliphatic imine (C=N–C) groups is 1. The van der Waals surface area contributed by atoms with Crippen LogP contribution in [0.3, 0.4) is 0 Å². The Kier molecular flexibility index (Phi) is 8.57. The highest BCUT2D eigenvalue weighted by molar-refractivity contribution is 14.0. The molecule has 10 heteroatoms. The van der Waals surface area contributed by atoms with Crippen LogP contribution in [0.25, 0.3) is 0 Å². The second kappa shape index (κ2) is 9.95. The van der Waals surface area contributed by atoms with Gasteiger partial charge in [0, 0.05) is 63.4 Å². The molecular weight excluding hydrogens is 473 g/mol. The van der Waals surface area contributed by atoms with E-state index in [4.69, 9.17) is 0 Å².